The second kappa shape index (κ2) is 4.46. The molecule has 2 rings (SSSR count). The van der Waals surface area contributed by atoms with Crippen molar-refractivity contribution in [1.82, 2.24) is 4.90 Å². The minimum Gasteiger partial charge on any atom is -0.508 e. The van der Waals surface area contributed by atoms with Crippen molar-refractivity contribution >= 4 is 0 Å². The minimum atomic E-state index is 0.324. The van der Waals surface area contributed by atoms with Gasteiger partial charge in [0.05, 0.1) is 0 Å². The largest absolute Gasteiger partial charge is 0.508 e. The topological polar surface area (TPSA) is 23.5 Å². The van der Waals surface area contributed by atoms with Gasteiger partial charge in [0.15, 0.2) is 0 Å². The van der Waals surface area contributed by atoms with Crippen LogP contribution in [0.3, 0.4) is 0 Å². The number of aromatic hydroxyl groups is 1. The average Bonchev–Trinajstić information content (AvgIpc) is 2.67. The second-order valence-corrected chi connectivity index (χ2v) is 5.13. The van der Waals surface area contributed by atoms with Crippen LogP contribution in [0.15, 0.2) is 18.2 Å². The van der Waals surface area contributed by atoms with E-state index < -0.39 is 0 Å². The van der Waals surface area contributed by atoms with E-state index in [0.29, 0.717) is 11.8 Å². The molecule has 0 aromatic heterocycles. The highest BCUT2D eigenvalue weighted by Crippen LogP contribution is 2.32. The first kappa shape index (κ1) is 11.5. The number of likely N-dealkylation sites (tertiary alicyclic amines) is 1. The number of aryl methyl sites for hydroxylation is 1. The Labute approximate surface area is 97.9 Å². The van der Waals surface area contributed by atoms with Gasteiger partial charge in [-0.05, 0) is 38.8 Å². The Morgan fingerprint density at radius 1 is 1.44 bits per heavy atom. The summed E-state index contributed by atoms with van der Waals surface area (Å²) in [6.45, 7) is 8.85. The van der Waals surface area contributed by atoms with E-state index in [1.807, 2.05) is 6.07 Å². The fourth-order valence-corrected chi connectivity index (χ4v) is 2.53. The van der Waals surface area contributed by atoms with Gasteiger partial charge >= 0.3 is 0 Å². The van der Waals surface area contributed by atoms with Gasteiger partial charge in [-0.3, -0.25) is 4.90 Å². The van der Waals surface area contributed by atoms with Crippen LogP contribution in [0.2, 0.25) is 0 Å². The highest BCUT2D eigenvalue weighted by Gasteiger charge is 2.25. The van der Waals surface area contributed by atoms with Gasteiger partial charge in [-0.15, -0.1) is 0 Å². The lowest BCUT2D eigenvalue weighted by Gasteiger charge is -2.25. The third-order valence-corrected chi connectivity index (χ3v) is 3.64. The van der Waals surface area contributed by atoms with Crippen LogP contribution in [0, 0.1) is 12.8 Å². The van der Waals surface area contributed by atoms with E-state index in [9.17, 15) is 5.11 Å². The van der Waals surface area contributed by atoms with Crippen molar-refractivity contribution in [1.29, 1.82) is 0 Å². The highest BCUT2D eigenvalue weighted by atomic mass is 16.3. The Balaban J connectivity index is 2.20. The van der Waals surface area contributed by atoms with Crippen LogP contribution in [-0.4, -0.2) is 23.1 Å². The van der Waals surface area contributed by atoms with Gasteiger partial charge in [0.1, 0.15) is 5.75 Å². The molecule has 0 amide bonds. The maximum atomic E-state index is 9.90. The molecule has 0 spiro atoms. The van der Waals surface area contributed by atoms with Crippen molar-refractivity contribution in [2.24, 2.45) is 5.92 Å². The predicted octanol–water partition coefficient (Wildman–Crippen LogP) is 3.10. The third kappa shape index (κ3) is 2.22. The second-order valence-electron chi connectivity index (χ2n) is 5.13. The van der Waals surface area contributed by atoms with E-state index >= 15 is 0 Å². The van der Waals surface area contributed by atoms with E-state index in [-0.39, 0.29) is 0 Å². The van der Waals surface area contributed by atoms with Gasteiger partial charge in [0.2, 0.25) is 0 Å². The Hall–Kier alpha value is -1.02. The first-order valence-electron chi connectivity index (χ1n) is 6.11. The third-order valence-electron chi connectivity index (χ3n) is 3.64. The van der Waals surface area contributed by atoms with E-state index in [1.165, 1.54) is 12.0 Å². The number of phenols is 1. The SMILES string of the molecule is Cc1ccc(O)c(C(C)N2CCC(C)C2)c1. The standard InChI is InChI=1S/C14H21NO/c1-10-4-5-14(16)13(8-10)12(3)15-7-6-11(2)9-15/h4-5,8,11-12,16H,6-7,9H2,1-3H3. The molecule has 2 atom stereocenters. The summed E-state index contributed by atoms with van der Waals surface area (Å²) in [5.41, 5.74) is 2.28. The molecule has 2 unspecified atom stereocenters. The zero-order valence-corrected chi connectivity index (χ0v) is 10.4. The van der Waals surface area contributed by atoms with Crippen LogP contribution in [0.1, 0.15) is 37.4 Å². The molecule has 1 aromatic carbocycles. The fraction of sp³-hybridized carbons (Fsp3) is 0.571. The van der Waals surface area contributed by atoms with Crippen LogP contribution in [0.5, 0.6) is 5.75 Å². The van der Waals surface area contributed by atoms with E-state index in [2.05, 4.69) is 31.7 Å². The molecule has 88 valence electrons. The van der Waals surface area contributed by atoms with E-state index in [1.54, 1.807) is 6.07 Å². The molecule has 0 aliphatic carbocycles. The van der Waals surface area contributed by atoms with Crippen molar-refractivity contribution in [2.75, 3.05) is 13.1 Å². The van der Waals surface area contributed by atoms with Crippen LogP contribution < -0.4 is 0 Å². The summed E-state index contributed by atoms with van der Waals surface area (Å²) in [5, 5.41) is 9.90. The number of hydrogen-bond acceptors (Lipinski definition) is 2. The van der Waals surface area contributed by atoms with Gasteiger partial charge < -0.3 is 5.11 Å². The van der Waals surface area contributed by atoms with Gasteiger partial charge in [0.25, 0.3) is 0 Å². The lowest BCUT2D eigenvalue weighted by atomic mass is 10.0. The lowest BCUT2D eigenvalue weighted by Crippen LogP contribution is -2.24. The molecule has 0 radical (unpaired) electrons. The smallest absolute Gasteiger partial charge is 0.120 e. The average molecular weight is 219 g/mol. The maximum Gasteiger partial charge on any atom is 0.120 e. The van der Waals surface area contributed by atoms with Gasteiger partial charge in [-0.2, -0.15) is 0 Å². The highest BCUT2D eigenvalue weighted by molar-refractivity contribution is 5.37. The van der Waals surface area contributed by atoms with Crippen LogP contribution >= 0.6 is 0 Å². The Morgan fingerprint density at radius 2 is 2.19 bits per heavy atom. The monoisotopic (exact) mass is 219 g/mol. The molecule has 2 nitrogen and oxygen atoms in total. The summed E-state index contributed by atoms with van der Waals surface area (Å²) in [5.74, 6) is 1.21. The van der Waals surface area contributed by atoms with Crippen molar-refractivity contribution < 1.29 is 5.11 Å². The zero-order valence-electron chi connectivity index (χ0n) is 10.4. The Morgan fingerprint density at radius 3 is 2.81 bits per heavy atom. The first-order valence-corrected chi connectivity index (χ1v) is 6.11. The minimum absolute atomic E-state index is 0.324. The molecule has 1 aromatic rings. The molecule has 1 fully saturated rings. The van der Waals surface area contributed by atoms with Crippen LogP contribution in [-0.2, 0) is 0 Å². The van der Waals surface area contributed by atoms with Crippen molar-refractivity contribution in [3.63, 3.8) is 0 Å². The number of rotatable bonds is 2. The lowest BCUT2D eigenvalue weighted by molar-refractivity contribution is 0.250. The Kier molecular flexibility index (Phi) is 3.20. The number of nitrogens with zero attached hydrogens (tertiary/aromatic N) is 1. The fourth-order valence-electron chi connectivity index (χ4n) is 2.53. The molecule has 1 heterocycles. The van der Waals surface area contributed by atoms with Crippen LogP contribution in [0.25, 0.3) is 0 Å². The van der Waals surface area contributed by atoms with Gasteiger partial charge in [-0.25, -0.2) is 0 Å². The molecular weight excluding hydrogens is 198 g/mol. The molecule has 1 N–H and O–H groups in total. The zero-order chi connectivity index (χ0) is 11.7. The van der Waals surface area contributed by atoms with Gasteiger partial charge in [-0.1, -0.05) is 24.6 Å². The molecule has 0 saturated carbocycles. The number of hydrogen-bond donors (Lipinski definition) is 1. The molecular formula is C14H21NO. The number of benzene rings is 1. The summed E-state index contributed by atoms with van der Waals surface area (Å²) in [7, 11) is 0. The first-order chi connectivity index (χ1) is 7.58. The molecule has 1 saturated heterocycles. The molecule has 2 heteroatoms. The van der Waals surface area contributed by atoms with Crippen molar-refractivity contribution in [2.45, 2.75) is 33.2 Å². The quantitative estimate of drug-likeness (QED) is 0.826. The van der Waals surface area contributed by atoms with Crippen molar-refractivity contribution in [3.8, 4) is 5.75 Å². The Bertz CT molecular complexity index is 375. The number of phenolic OH excluding ortho intramolecular Hbond substituents is 1. The van der Waals surface area contributed by atoms with E-state index in [4.69, 9.17) is 0 Å². The van der Waals surface area contributed by atoms with Crippen LogP contribution in [0.4, 0.5) is 0 Å². The molecule has 0 bridgehead atoms. The maximum absolute atomic E-state index is 9.90. The molecule has 1 aliphatic rings. The normalized spacial score (nSPS) is 23.6. The summed E-state index contributed by atoms with van der Waals surface area (Å²) in [6, 6.07) is 6.19. The van der Waals surface area contributed by atoms with Gasteiger partial charge in [0, 0.05) is 18.2 Å². The predicted molar refractivity (Wildman–Crippen MR) is 66.6 cm³/mol. The summed E-state index contributed by atoms with van der Waals surface area (Å²) in [4.78, 5) is 2.46. The molecule has 1 aliphatic heterocycles. The summed E-state index contributed by atoms with van der Waals surface area (Å²) >= 11 is 0. The summed E-state index contributed by atoms with van der Waals surface area (Å²) in [6.07, 6.45) is 1.27. The molecule has 16 heavy (non-hydrogen) atoms. The van der Waals surface area contributed by atoms with E-state index in [0.717, 1.165) is 24.6 Å². The van der Waals surface area contributed by atoms with Crippen molar-refractivity contribution in [3.05, 3.63) is 29.3 Å². The summed E-state index contributed by atoms with van der Waals surface area (Å²) < 4.78 is 0.